The van der Waals surface area contributed by atoms with Crippen molar-refractivity contribution in [2.45, 2.75) is 50.8 Å². The maximum Gasteiger partial charge on any atom is 0.264 e. The van der Waals surface area contributed by atoms with E-state index in [-0.39, 0.29) is 4.90 Å². The standard InChI is InChI=1S/C14H21ClO3S/c1-3-4-5-6-7-10-18-13-9-8-12(2)11-14(13)19(15,16)17/h8-9,11H,3-7,10H2,1-2H3. The molecular formula is C14H21ClO3S. The Kier molecular flexibility index (Phi) is 6.66. The molecule has 0 aliphatic carbocycles. The van der Waals surface area contributed by atoms with Crippen LogP contribution in [0.1, 0.15) is 44.6 Å². The van der Waals surface area contributed by atoms with Gasteiger partial charge in [0.25, 0.3) is 9.05 Å². The molecule has 1 rings (SSSR count). The highest BCUT2D eigenvalue weighted by atomic mass is 35.7. The molecule has 0 heterocycles. The summed E-state index contributed by atoms with van der Waals surface area (Å²) in [6, 6.07) is 5.02. The van der Waals surface area contributed by atoms with Crippen molar-refractivity contribution < 1.29 is 13.2 Å². The van der Waals surface area contributed by atoms with Gasteiger partial charge in [0, 0.05) is 10.7 Å². The first-order valence-electron chi connectivity index (χ1n) is 6.63. The van der Waals surface area contributed by atoms with Gasteiger partial charge in [0.15, 0.2) is 0 Å². The van der Waals surface area contributed by atoms with E-state index in [9.17, 15) is 8.42 Å². The van der Waals surface area contributed by atoms with Gasteiger partial charge in [-0.3, -0.25) is 0 Å². The number of benzene rings is 1. The Morgan fingerprint density at radius 1 is 1.16 bits per heavy atom. The largest absolute Gasteiger partial charge is 0.492 e. The molecule has 0 aliphatic heterocycles. The minimum Gasteiger partial charge on any atom is -0.492 e. The van der Waals surface area contributed by atoms with Gasteiger partial charge in [0.1, 0.15) is 10.6 Å². The molecule has 1 aromatic carbocycles. The molecule has 0 aliphatic rings. The molecule has 5 heteroatoms. The third kappa shape index (κ3) is 5.83. The predicted molar refractivity (Wildman–Crippen MR) is 78.5 cm³/mol. The minimum absolute atomic E-state index is 0.0581. The molecule has 0 fully saturated rings. The minimum atomic E-state index is -3.76. The summed E-state index contributed by atoms with van der Waals surface area (Å²) in [4.78, 5) is 0.0581. The number of hydrogen-bond acceptors (Lipinski definition) is 3. The van der Waals surface area contributed by atoms with E-state index in [0.29, 0.717) is 12.4 Å². The van der Waals surface area contributed by atoms with Gasteiger partial charge in [-0.2, -0.15) is 0 Å². The predicted octanol–water partition coefficient (Wildman–Crippen LogP) is 4.27. The molecule has 0 atom stereocenters. The molecule has 0 saturated heterocycles. The fraction of sp³-hybridized carbons (Fsp3) is 0.571. The molecular weight excluding hydrogens is 284 g/mol. The Hall–Kier alpha value is -0.740. The van der Waals surface area contributed by atoms with Crippen LogP contribution in [0.5, 0.6) is 5.75 Å². The van der Waals surface area contributed by atoms with E-state index in [0.717, 1.165) is 18.4 Å². The summed E-state index contributed by atoms with van der Waals surface area (Å²) in [5.41, 5.74) is 0.842. The van der Waals surface area contributed by atoms with Crippen LogP contribution in [0.2, 0.25) is 0 Å². The zero-order chi connectivity index (χ0) is 14.3. The van der Waals surface area contributed by atoms with E-state index in [4.69, 9.17) is 15.4 Å². The van der Waals surface area contributed by atoms with Gasteiger partial charge in [0.2, 0.25) is 0 Å². The molecule has 0 aromatic heterocycles. The van der Waals surface area contributed by atoms with Gasteiger partial charge in [0.05, 0.1) is 6.61 Å². The van der Waals surface area contributed by atoms with Crippen molar-refractivity contribution in [2.75, 3.05) is 6.61 Å². The molecule has 0 radical (unpaired) electrons. The highest BCUT2D eigenvalue weighted by Gasteiger charge is 2.16. The van der Waals surface area contributed by atoms with E-state index in [2.05, 4.69) is 6.92 Å². The average Bonchev–Trinajstić information content (AvgIpc) is 2.34. The molecule has 0 N–H and O–H groups in total. The molecule has 19 heavy (non-hydrogen) atoms. The van der Waals surface area contributed by atoms with Crippen LogP contribution in [0.4, 0.5) is 0 Å². The Morgan fingerprint density at radius 3 is 2.47 bits per heavy atom. The first kappa shape index (κ1) is 16.3. The van der Waals surface area contributed by atoms with E-state index < -0.39 is 9.05 Å². The van der Waals surface area contributed by atoms with Gasteiger partial charge in [-0.15, -0.1) is 0 Å². The number of halogens is 1. The molecule has 108 valence electrons. The molecule has 0 spiro atoms. The lowest BCUT2D eigenvalue weighted by molar-refractivity contribution is 0.297. The maximum atomic E-state index is 11.5. The van der Waals surface area contributed by atoms with Crippen LogP contribution in [-0.2, 0) is 9.05 Å². The third-order valence-electron chi connectivity index (χ3n) is 2.87. The quantitative estimate of drug-likeness (QED) is 0.532. The van der Waals surface area contributed by atoms with Crippen molar-refractivity contribution >= 4 is 19.7 Å². The number of ether oxygens (including phenoxy) is 1. The van der Waals surface area contributed by atoms with Crippen LogP contribution in [-0.4, -0.2) is 15.0 Å². The van der Waals surface area contributed by atoms with Gasteiger partial charge >= 0.3 is 0 Å². The van der Waals surface area contributed by atoms with Gasteiger partial charge < -0.3 is 4.74 Å². The Morgan fingerprint density at radius 2 is 1.84 bits per heavy atom. The second-order valence-electron chi connectivity index (χ2n) is 4.65. The zero-order valence-corrected chi connectivity index (χ0v) is 13.1. The first-order chi connectivity index (χ1) is 8.95. The van der Waals surface area contributed by atoms with Gasteiger partial charge in [-0.1, -0.05) is 38.7 Å². The number of hydrogen-bond donors (Lipinski definition) is 0. The maximum absolute atomic E-state index is 11.5. The monoisotopic (exact) mass is 304 g/mol. The van der Waals surface area contributed by atoms with Crippen molar-refractivity contribution in [3.05, 3.63) is 23.8 Å². The molecule has 0 amide bonds. The van der Waals surface area contributed by atoms with E-state index >= 15 is 0 Å². The highest BCUT2D eigenvalue weighted by Crippen LogP contribution is 2.28. The lowest BCUT2D eigenvalue weighted by Gasteiger charge is -2.10. The van der Waals surface area contributed by atoms with Crippen LogP contribution in [0, 0.1) is 6.92 Å². The number of aryl methyl sites for hydroxylation is 1. The average molecular weight is 305 g/mol. The molecule has 0 bridgehead atoms. The molecule has 0 unspecified atom stereocenters. The number of unbranched alkanes of at least 4 members (excludes halogenated alkanes) is 4. The zero-order valence-electron chi connectivity index (χ0n) is 11.5. The number of rotatable bonds is 8. The van der Waals surface area contributed by atoms with Crippen molar-refractivity contribution in [3.8, 4) is 5.75 Å². The van der Waals surface area contributed by atoms with Crippen LogP contribution in [0.15, 0.2) is 23.1 Å². The summed E-state index contributed by atoms with van der Waals surface area (Å²) < 4.78 is 28.5. The Bertz CT molecular complexity index is 497. The Labute approximate surface area is 120 Å². The van der Waals surface area contributed by atoms with Crippen molar-refractivity contribution in [1.82, 2.24) is 0 Å². The third-order valence-corrected chi connectivity index (χ3v) is 4.21. The van der Waals surface area contributed by atoms with E-state index in [1.165, 1.54) is 25.3 Å². The fourth-order valence-electron chi connectivity index (χ4n) is 1.81. The van der Waals surface area contributed by atoms with E-state index in [1.807, 2.05) is 13.0 Å². The van der Waals surface area contributed by atoms with Crippen LogP contribution >= 0.6 is 10.7 Å². The van der Waals surface area contributed by atoms with Crippen LogP contribution < -0.4 is 4.74 Å². The lowest BCUT2D eigenvalue weighted by atomic mass is 10.2. The smallest absolute Gasteiger partial charge is 0.264 e. The summed E-state index contributed by atoms with van der Waals surface area (Å²) >= 11 is 0. The normalized spacial score (nSPS) is 11.5. The van der Waals surface area contributed by atoms with Gasteiger partial charge in [-0.25, -0.2) is 8.42 Å². The summed E-state index contributed by atoms with van der Waals surface area (Å²) in [6.45, 7) is 4.51. The summed E-state index contributed by atoms with van der Waals surface area (Å²) in [5, 5.41) is 0. The molecule has 0 saturated carbocycles. The SMILES string of the molecule is CCCCCCCOc1ccc(C)cc1S(=O)(=O)Cl. The topological polar surface area (TPSA) is 43.4 Å². The van der Waals surface area contributed by atoms with Crippen molar-refractivity contribution in [3.63, 3.8) is 0 Å². The molecule has 1 aromatic rings. The summed E-state index contributed by atoms with van der Waals surface area (Å²) in [6.07, 6.45) is 5.64. The van der Waals surface area contributed by atoms with Crippen molar-refractivity contribution in [2.24, 2.45) is 0 Å². The Balaban J connectivity index is 2.59. The van der Waals surface area contributed by atoms with Gasteiger partial charge in [-0.05, 0) is 31.0 Å². The lowest BCUT2D eigenvalue weighted by Crippen LogP contribution is -2.02. The van der Waals surface area contributed by atoms with Crippen LogP contribution in [0.3, 0.4) is 0 Å². The molecule has 3 nitrogen and oxygen atoms in total. The second kappa shape index (κ2) is 7.75. The highest BCUT2D eigenvalue weighted by molar-refractivity contribution is 8.13. The van der Waals surface area contributed by atoms with E-state index in [1.54, 1.807) is 6.07 Å². The summed E-state index contributed by atoms with van der Waals surface area (Å²) in [7, 11) is 1.65. The summed E-state index contributed by atoms with van der Waals surface area (Å²) in [5.74, 6) is 0.344. The van der Waals surface area contributed by atoms with Crippen molar-refractivity contribution in [1.29, 1.82) is 0 Å². The van der Waals surface area contributed by atoms with Crippen LogP contribution in [0.25, 0.3) is 0 Å². The first-order valence-corrected chi connectivity index (χ1v) is 8.94. The second-order valence-corrected chi connectivity index (χ2v) is 7.19. The fourth-order valence-corrected chi connectivity index (χ4v) is 2.87.